The van der Waals surface area contributed by atoms with Gasteiger partial charge >= 0.3 is 0 Å². The fourth-order valence-corrected chi connectivity index (χ4v) is 3.86. The zero-order valence-electron chi connectivity index (χ0n) is 14.9. The summed E-state index contributed by atoms with van der Waals surface area (Å²) in [5.74, 6) is -0.590. The number of benzene rings is 2. The predicted octanol–water partition coefficient (Wildman–Crippen LogP) is 2.47. The first kappa shape index (κ1) is 20.1. The van der Waals surface area contributed by atoms with Gasteiger partial charge in [0.1, 0.15) is 5.82 Å². The number of aryl methyl sites for hydroxylation is 2. The molecule has 2 aromatic rings. The molecule has 0 heterocycles. The van der Waals surface area contributed by atoms with Crippen molar-refractivity contribution in [3.8, 4) is 0 Å². The highest BCUT2D eigenvalue weighted by atomic mass is 32.2. The van der Waals surface area contributed by atoms with Crippen molar-refractivity contribution < 1.29 is 17.6 Å². The summed E-state index contributed by atoms with van der Waals surface area (Å²) < 4.78 is 40.5. The highest BCUT2D eigenvalue weighted by Gasteiger charge is 2.16. The Kier molecular flexibility index (Phi) is 6.88. The lowest BCUT2D eigenvalue weighted by Gasteiger charge is -2.10. The van der Waals surface area contributed by atoms with Crippen molar-refractivity contribution in [3.63, 3.8) is 0 Å². The van der Waals surface area contributed by atoms with Crippen LogP contribution in [0.4, 0.5) is 4.39 Å². The smallest absolute Gasteiger partial charge is 0.240 e. The summed E-state index contributed by atoms with van der Waals surface area (Å²) in [6, 6.07) is 11.5. The van der Waals surface area contributed by atoms with Crippen molar-refractivity contribution >= 4 is 15.9 Å². The van der Waals surface area contributed by atoms with E-state index in [1.165, 1.54) is 6.07 Å². The van der Waals surface area contributed by atoms with E-state index in [9.17, 15) is 17.6 Å². The fourth-order valence-electron chi connectivity index (χ4n) is 2.60. The van der Waals surface area contributed by atoms with Gasteiger partial charge in [0.15, 0.2) is 0 Å². The van der Waals surface area contributed by atoms with E-state index in [4.69, 9.17) is 0 Å². The first-order valence-corrected chi connectivity index (χ1v) is 9.85. The van der Waals surface area contributed by atoms with Gasteiger partial charge in [-0.25, -0.2) is 17.5 Å². The first-order chi connectivity index (χ1) is 12.3. The second kappa shape index (κ2) is 8.91. The Morgan fingerprint density at radius 1 is 1.08 bits per heavy atom. The van der Waals surface area contributed by atoms with Crippen LogP contribution >= 0.6 is 0 Å². The van der Waals surface area contributed by atoms with E-state index in [0.717, 1.165) is 5.56 Å². The molecular weight excluding hydrogens is 355 g/mol. The van der Waals surface area contributed by atoms with Crippen molar-refractivity contribution in [3.05, 3.63) is 65.0 Å². The van der Waals surface area contributed by atoms with Gasteiger partial charge in [-0.3, -0.25) is 4.79 Å². The number of carbonyl (C=O) groups excluding carboxylic acids is 1. The molecule has 0 fully saturated rings. The van der Waals surface area contributed by atoms with E-state index in [2.05, 4.69) is 10.0 Å². The van der Waals surface area contributed by atoms with E-state index in [1.807, 2.05) is 6.92 Å². The molecule has 0 bridgehead atoms. The highest BCUT2D eigenvalue weighted by Crippen LogP contribution is 2.16. The van der Waals surface area contributed by atoms with Crippen LogP contribution in [0.5, 0.6) is 0 Å². The summed E-state index contributed by atoms with van der Waals surface area (Å²) in [4.78, 5) is 12.0. The number of sulfonamides is 1. The van der Waals surface area contributed by atoms with Gasteiger partial charge < -0.3 is 5.32 Å². The van der Waals surface area contributed by atoms with Gasteiger partial charge in [0.05, 0.1) is 4.90 Å². The Morgan fingerprint density at radius 3 is 2.50 bits per heavy atom. The number of nitrogens with one attached hydrogen (secondary N) is 2. The Bertz CT molecular complexity index is 882. The lowest BCUT2D eigenvalue weighted by molar-refractivity contribution is -0.120. The Hall–Kier alpha value is -2.25. The SMILES string of the molecule is Cc1ccc(S(=O)(=O)NCCC(=O)NCCc2ccccc2F)c(C)c1. The summed E-state index contributed by atoms with van der Waals surface area (Å²) in [6.45, 7) is 3.92. The average Bonchev–Trinajstić information content (AvgIpc) is 2.56. The molecule has 26 heavy (non-hydrogen) atoms. The molecule has 140 valence electrons. The van der Waals surface area contributed by atoms with Crippen LogP contribution in [0.1, 0.15) is 23.1 Å². The molecule has 0 atom stereocenters. The van der Waals surface area contributed by atoms with Crippen LogP contribution in [0.3, 0.4) is 0 Å². The maximum absolute atomic E-state index is 13.5. The molecule has 0 aliphatic heterocycles. The van der Waals surface area contributed by atoms with Crippen LogP contribution in [-0.4, -0.2) is 27.4 Å². The van der Waals surface area contributed by atoms with Crippen molar-refractivity contribution in [2.45, 2.75) is 31.6 Å². The minimum atomic E-state index is -3.65. The third-order valence-electron chi connectivity index (χ3n) is 3.94. The van der Waals surface area contributed by atoms with Gasteiger partial charge in [0.25, 0.3) is 0 Å². The van der Waals surface area contributed by atoms with Crippen LogP contribution in [0.25, 0.3) is 0 Å². The summed E-state index contributed by atoms with van der Waals surface area (Å²) >= 11 is 0. The van der Waals surface area contributed by atoms with Gasteiger partial charge in [-0.05, 0) is 43.5 Å². The number of rotatable bonds is 8. The third-order valence-corrected chi connectivity index (χ3v) is 5.56. The molecule has 0 aliphatic carbocycles. The Labute approximate surface area is 153 Å². The molecule has 0 unspecified atom stereocenters. The molecule has 0 saturated heterocycles. The fraction of sp³-hybridized carbons (Fsp3) is 0.316. The zero-order chi connectivity index (χ0) is 19.2. The molecule has 0 aliphatic rings. The van der Waals surface area contributed by atoms with Gasteiger partial charge in [-0.15, -0.1) is 0 Å². The number of carbonyl (C=O) groups is 1. The van der Waals surface area contributed by atoms with Crippen LogP contribution < -0.4 is 10.0 Å². The normalized spacial score (nSPS) is 11.3. The predicted molar refractivity (Wildman–Crippen MR) is 98.8 cm³/mol. The minimum Gasteiger partial charge on any atom is -0.356 e. The van der Waals surface area contributed by atoms with Crippen molar-refractivity contribution in [2.24, 2.45) is 0 Å². The number of halogens is 1. The molecule has 0 radical (unpaired) electrons. The number of hydrogen-bond donors (Lipinski definition) is 2. The molecule has 5 nitrogen and oxygen atoms in total. The van der Waals surface area contributed by atoms with E-state index in [0.29, 0.717) is 24.1 Å². The summed E-state index contributed by atoms with van der Waals surface area (Å²) in [5, 5.41) is 2.66. The summed E-state index contributed by atoms with van der Waals surface area (Å²) in [7, 11) is -3.65. The Balaban J connectivity index is 1.78. The van der Waals surface area contributed by atoms with Crippen molar-refractivity contribution in [1.82, 2.24) is 10.0 Å². The molecular formula is C19H23FN2O3S. The number of hydrogen-bond acceptors (Lipinski definition) is 3. The summed E-state index contributed by atoms with van der Waals surface area (Å²) in [6.07, 6.45) is 0.397. The van der Waals surface area contributed by atoms with Gasteiger partial charge in [-0.2, -0.15) is 0 Å². The first-order valence-electron chi connectivity index (χ1n) is 8.36. The Morgan fingerprint density at radius 2 is 1.81 bits per heavy atom. The molecule has 0 spiro atoms. The van der Waals surface area contributed by atoms with E-state index >= 15 is 0 Å². The summed E-state index contributed by atoms with van der Waals surface area (Å²) in [5.41, 5.74) is 2.17. The van der Waals surface area contributed by atoms with Crippen molar-refractivity contribution in [1.29, 1.82) is 0 Å². The van der Waals surface area contributed by atoms with Crippen LogP contribution in [-0.2, 0) is 21.2 Å². The molecule has 2 aromatic carbocycles. The van der Waals surface area contributed by atoms with Gasteiger partial charge in [0, 0.05) is 19.5 Å². The second-order valence-electron chi connectivity index (χ2n) is 6.11. The largest absolute Gasteiger partial charge is 0.356 e. The average molecular weight is 378 g/mol. The molecule has 2 N–H and O–H groups in total. The van der Waals surface area contributed by atoms with Crippen LogP contribution in [0.15, 0.2) is 47.4 Å². The third kappa shape index (κ3) is 5.64. The monoisotopic (exact) mass is 378 g/mol. The standard InChI is InChI=1S/C19H23FN2O3S/c1-14-7-8-18(15(2)13-14)26(24,25)22-12-10-19(23)21-11-9-16-5-3-4-6-17(16)20/h3-8,13,22H,9-12H2,1-2H3,(H,21,23). The van der Waals surface area contributed by atoms with Gasteiger partial charge in [-0.1, -0.05) is 35.9 Å². The molecule has 0 saturated carbocycles. The maximum Gasteiger partial charge on any atom is 0.240 e. The lowest BCUT2D eigenvalue weighted by atomic mass is 10.1. The topological polar surface area (TPSA) is 75.3 Å². The highest BCUT2D eigenvalue weighted by molar-refractivity contribution is 7.89. The van der Waals surface area contributed by atoms with E-state index in [1.54, 1.807) is 43.3 Å². The molecule has 2 rings (SSSR count). The molecule has 7 heteroatoms. The maximum atomic E-state index is 13.5. The van der Waals surface area contributed by atoms with Crippen molar-refractivity contribution in [2.75, 3.05) is 13.1 Å². The van der Waals surface area contributed by atoms with E-state index < -0.39 is 10.0 Å². The zero-order valence-corrected chi connectivity index (χ0v) is 15.7. The molecule has 1 amide bonds. The van der Waals surface area contributed by atoms with Crippen LogP contribution in [0.2, 0.25) is 0 Å². The van der Waals surface area contributed by atoms with E-state index in [-0.39, 0.29) is 29.6 Å². The quantitative estimate of drug-likeness (QED) is 0.741. The minimum absolute atomic E-state index is 0.00117. The lowest BCUT2D eigenvalue weighted by Crippen LogP contribution is -2.32. The molecule has 0 aromatic heterocycles. The second-order valence-corrected chi connectivity index (χ2v) is 7.84. The van der Waals surface area contributed by atoms with Crippen LogP contribution in [0, 0.1) is 19.7 Å². The number of amides is 1. The van der Waals surface area contributed by atoms with Gasteiger partial charge in [0.2, 0.25) is 15.9 Å².